The number of carbonyl (C=O) groups excluding carboxylic acids is 1. The van der Waals surface area contributed by atoms with Crippen molar-refractivity contribution in [2.24, 2.45) is 0 Å². The van der Waals surface area contributed by atoms with E-state index in [-0.39, 0.29) is 21.9 Å². The predicted octanol–water partition coefficient (Wildman–Crippen LogP) is 3.28. The fourth-order valence-electron chi connectivity index (χ4n) is 2.57. The minimum Gasteiger partial charge on any atom is -0.490 e. The monoisotopic (exact) mass is 421 g/mol. The van der Waals surface area contributed by atoms with E-state index in [1.165, 1.54) is 54.9 Å². The number of hydrogen-bond donors (Lipinski definition) is 1. The Morgan fingerprint density at radius 2 is 1.86 bits per heavy atom. The Labute approximate surface area is 169 Å². The van der Waals surface area contributed by atoms with Crippen LogP contribution in [0.5, 0.6) is 5.75 Å². The zero-order chi connectivity index (χ0) is 21.6. The molecule has 10 heteroatoms. The summed E-state index contributed by atoms with van der Waals surface area (Å²) < 4.78 is 31.2. The van der Waals surface area contributed by atoms with Gasteiger partial charge in [-0.25, -0.2) is 12.7 Å². The summed E-state index contributed by atoms with van der Waals surface area (Å²) in [6.45, 7) is 2.41. The van der Waals surface area contributed by atoms with Crippen molar-refractivity contribution in [2.75, 3.05) is 26.0 Å². The van der Waals surface area contributed by atoms with E-state index in [2.05, 4.69) is 5.32 Å². The summed E-state index contributed by atoms with van der Waals surface area (Å²) in [5.41, 5.74) is 0.119. The molecule has 29 heavy (non-hydrogen) atoms. The van der Waals surface area contributed by atoms with Crippen LogP contribution in [0.15, 0.2) is 47.4 Å². The van der Waals surface area contributed by atoms with Gasteiger partial charge in [0.25, 0.3) is 5.91 Å². The van der Waals surface area contributed by atoms with Crippen LogP contribution in [0.25, 0.3) is 0 Å². The second-order valence-electron chi connectivity index (χ2n) is 6.30. The number of hydrogen-bond acceptors (Lipinski definition) is 6. The Bertz CT molecular complexity index is 990. The van der Waals surface area contributed by atoms with E-state index >= 15 is 0 Å². The number of unbranched alkanes of at least 4 members (excludes halogenated alkanes) is 1. The van der Waals surface area contributed by atoms with Gasteiger partial charge in [0, 0.05) is 30.9 Å². The molecule has 0 spiro atoms. The molecule has 156 valence electrons. The molecule has 1 amide bonds. The highest BCUT2D eigenvalue weighted by Gasteiger charge is 2.21. The number of ether oxygens (including phenoxy) is 1. The molecule has 2 aromatic rings. The highest BCUT2D eigenvalue weighted by atomic mass is 32.2. The number of anilines is 1. The van der Waals surface area contributed by atoms with Crippen LogP contribution in [0.1, 0.15) is 30.1 Å². The first-order valence-electron chi connectivity index (χ1n) is 8.91. The molecule has 9 nitrogen and oxygen atoms in total. The van der Waals surface area contributed by atoms with Crippen LogP contribution >= 0.6 is 0 Å². The van der Waals surface area contributed by atoms with Gasteiger partial charge in [-0.2, -0.15) is 0 Å². The topological polar surface area (TPSA) is 119 Å². The lowest BCUT2D eigenvalue weighted by molar-refractivity contribution is -0.385. The van der Waals surface area contributed by atoms with Crippen molar-refractivity contribution < 1.29 is 22.9 Å². The summed E-state index contributed by atoms with van der Waals surface area (Å²) in [4.78, 5) is 23.0. The molecule has 0 aliphatic rings. The quantitative estimate of drug-likeness (QED) is 0.490. The Morgan fingerprint density at radius 1 is 1.21 bits per heavy atom. The SMILES string of the molecule is CCCCN(C)S(=O)(=O)c1ccc(NC(=O)c2ccc(OC)c([N+](=O)[O-])c2)cc1. The molecule has 0 unspecified atom stereocenters. The van der Waals surface area contributed by atoms with E-state index in [1.807, 2.05) is 6.92 Å². The van der Waals surface area contributed by atoms with Crippen molar-refractivity contribution in [2.45, 2.75) is 24.7 Å². The van der Waals surface area contributed by atoms with E-state index in [1.54, 1.807) is 0 Å². The summed E-state index contributed by atoms with van der Waals surface area (Å²) in [6, 6.07) is 9.62. The van der Waals surface area contributed by atoms with E-state index in [0.717, 1.165) is 18.9 Å². The molecule has 2 aromatic carbocycles. The maximum Gasteiger partial charge on any atom is 0.311 e. The largest absolute Gasteiger partial charge is 0.490 e. The maximum atomic E-state index is 12.5. The van der Waals surface area contributed by atoms with Crippen LogP contribution in [0.3, 0.4) is 0 Å². The van der Waals surface area contributed by atoms with Crippen molar-refractivity contribution in [1.82, 2.24) is 4.31 Å². The Balaban J connectivity index is 2.16. The van der Waals surface area contributed by atoms with Crippen LogP contribution in [0.4, 0.5) is 11.4 Å². The number of nitrogens with one attached hydrogen (secondary N) is 1. The van der Waals surface area contributed by atoms with Crippen molar-refractivity contribution >= 4 is 27.3 Å². The van der Waals surface area contributed by atoms with Crippen LogP contribution < -0.4 is 10.1 Å². The van der Waals surface area contributed by atoms with Crippen molar-refractivity contribution in [1.29, 1.82) is 0 Å². The minimum absolute atomic E-state index is 0.0494. The molecule has 0 saturated heterocycles. The predicted molar refractivity (Wildman–Crippen MR) is 109 cm³/mol. The Hall–Kier alpha value is -2.98. The minimum atomic E-state index is -3.60. The number of rotatable bonds is 9. The second kappa shape index (κ2) is 9.48. The van der Waals surface area contributed by atoms with Gasteiger partial charge in [0.05, 0.1) is 16.9 Å². The first-order valence-corrected chi connectivity index (χ1v) is 10.3. The third-order valence-electron chi connectivity index (χ3n) is 4.28. The first-order chi connectivity index (χ1) is 13.7. The molecule has 0 radical (unpaired) electrons. The molecular formula is C19H23N3O6S. The van der Waals surface area contributed by atoms with Crippen molar-refractivity contribution in [3.05, 3.63) is 58.1 Å². The Morgan fingerprint density at radius 3 is 2.41 bits per heavy atom. The molecule has 0 aliphatic heterocycles. The van der Waals surface area contributed by atoms with Gasteiger partial charge in [-0.3, -0.25) is 14.9 Å². The van der Waals surface area contributed by atoms with Gasteiger partial charge in [-0.05, 0) is 42.8 Å². The lowest BCUT2D eigenvalue weighted by atomic mass is 10.1. The molecule has 0 bridgehead atoms. The number of nitro groups is 1. The smallest absolute Gasteiger partial charge is 0.311 e. The standard InChI is InChI=1S/C19H23N3O6S/c1-4-5-12-21(2)29(26,27)16-9-7-15(8-10-16)20-19(23)14-6-11-18(28-3)17(13-14)22(24)25/h6-11,13H,4-5,12H2,1-3H3,(H,20,23). The van der Waals surface area contributed by atoms with Gasteiger partial charge >= 0.3 is 5.69 Å². The van der Waals surface area contributed by atoms with Crippen molar-refractivity contribution in [3.63, 3.8) is 0 Å². The number of methoxy groups -OCH3 is 1. The molecule has 0 aromatic heterocycles. The van der Waals surface area contributed by atoms with Gasteiger partial charge in [0.15, 0.2) is 5.75 Å². The lowest BCUT2D eigenvalue weighted by Crippen LogP contribution is -2.27. The third-order valence-corrected chi connectivity index (χ3v) is 6.16. The normalized spacial score (nSPS) is 11.3. The molecule has 0 atom stereocenters. The van der Waals surface area contributed by atoms with Gasteiger partial charge in [-0.1, -0.05) is 13.3 Å². The average Bonchev–Trinajstić information content (AvgIpc) is 2.71. The molecule has 0 aliphatic carbocycles. The summed E-state index contributed by atoms with van der Waals surface area (Å²) in [6.07, 6.45) is 1.65. The number of amides is 1. The summed E-state index contributed by atoms with van der Waals surface area (Å²) in [7, 11) is -0.772. The fourth-order valence-corrected chi connectivity index (χ4v) is 3.78. The maximum absolute atomic E-state index is 12.5. The Kier molecular flexibility index (Phi) is 7.29. The van der Waals surface area contributed by atoms with Crippen LogP contribution in [-0.4, -0.2) is 44.3 Å². The van der Waals surface area contributed by atoms with Crippen LogP contribution in [0.2, 0.25) is 0 Å². The van der Waals surface area contributed by atoms with Crippen molar-refractivity contribution in [3.8, 4) is 5.75 Å². The molecule has 0 heterocycles. The molecule has 0 fully saturated rings. The highest BCUT2D eigenvalue weighted by molar-refractivity contribution is 7.89. The molecule has 1 N–H and O–H groups in total. The molecule has 2 rings (SSSR count). The van der Waals surface area contributed by atoms with Gasteiger partial charge < -0.3 is 10.1 Å². The zero-order valence-corrected chi connectivity index (χ0v) is 17.2. The highest BCUT2D eigenvalue weighted by Crippen LogP contribution is 2.28. The summed E-state index contributed by atoms with van der Waals surface area (Å²) in [5, 5.41) is 13.7. The average molecular weight is 421 g/mol. The van der Waals surface area contributed by atoms with E-state index in [9.17, 15) is 23.3 Å². The van der Waals surface area contributed by atoms with E-state index in [4.69, 9.17) is 4.74 Å². The number of nitrogens with zero attached hydrogens (tertiary/aromatic N) is 2. The molecule has 0 saturated carbocycles. The lowest BCUT2D eigenvalue weighted by Gasteiger charge is -2.17. The van der Waals surface area contributed by atoms with Crippen LogP contribution in [0, 0.1) is 10.1 Å². The second-order valence-corrected chi connectivity index (χ2v) is 8.35. The number of carbonyl (C=O) groups is 1. The number of nitro benzene ring substituents is 1. The summed E-state index contributed by atoms with van der Waals surface area (Å²) in [5.74, 6) is -0.514. The van der Waals surface area contributed by atoms with E-state index in [0.29, 0.717) is 12.2 Å². The zero-order valence-electron chi connectivity index (χ0n) is 16.4. The van der Waals surface area contributed by atoms with Crippen LogP contribution in [-0.2, 0) is 10.0 Å². The van der Waals surface area contributed by atoms with E-state index < -0.39 is 20.9 Å². The first kappa shape index (κ1) is 22.3. The fraction of sp³-hybridized carbons (Fsp3) is 0.316. The number of benzene rings is 2. The van der Waals surface area contributed by atoms with Gasteiger partial charge in [0.2, 0.25) is 10.0 Å². The molecular weight excluding hydrogens is 398 g/mol. The van der Waals surface area contributed by atoms with Gasteiger partial charge in [0.1, 0.15) is 0 Å². The number of sulfonamides is 1. The third kappa shape index (κ3) is 5.30. The van der Waals surface area contributed by atoms with Gasteiger partial charge in [-0.15, -0.1) is 0 Å². The summed E-state index contributed by atoms with van der Waals surface area (Å²) >= 11 is 0.